The lowest BCUT2D eigenvalue weighted by molar-refractivity contribution is 0.0702. The van der Waals surface area contributed by atoms with Crippen molar-refractivity contribution < 1.29 is 9.90 Å². The Labute approximate surface area is 91.8 Å². The Morgan fingerprint density at radius 1 is 1.40 bits per heavy atom. The molecule has 0 unspecified atom stereocenters. The molecular weight excluding hydrogens is 208 g/mol. The molecule has 0 aliphatic carbocycles. The summed E-state index contributed by atoms with van der Waals surface area (Å²) in [6, 6.07) is 12.2. The molecule has 1 heterocycles. The normalized spacial score (nSPS) is 10.2. The maximum Gasteiger partial charge on any atom is 0.345 e. The van der Waals surface area contributed by atoms with E-state index in [1.54, 1.807) is 6.07 Å². The lowest BCUT2D eigenvalue weighted by atomic mass is 10.1. The molecule has 0 fully saturated rings. The molecule has 1 radical (unpaired) electrons. The largest absolute Gasteiger partial charge is 0.477 e. The van der Waals surface area contributed by atoms with Crippen molar-refractivity contribution in [3.05, 3.63) is 46.2 Å². The van der Waals surface area contributed by atoms with Crippen molar-refractivity contribution in [2.24, 2.45) is 0 Å². The monoisotopic (exact) mass is 217 g/mol. The average Bonchev–Trinajstić information content (AvgIpc) is 2.62. The van der Waals surface area contributed by atoms with Crippen molar-refractivity contribution in [1.82, 2.24) is 0 Å². The summed E-state index contributed by atoms with van der Waals surface area (Å²) >= 11 is 1.31. The molecule has 2 nitrogen and oxygen atoms in total. The molecule has 0 atom stereocenters. The Balaban J connectivity index is 2.50. The van der Waals surface area contributed by atoms with Crippen molar-refractivity contribution in [1.29, 1.82) is 0 Å². The first kappa shape index (κ1) is 9.93. The minimum absolute atomic E-state index is 0.385. The number of rotatable bonds is 2. The number of carbonyl (C=O) groups is 1. The molecular formula is C12H9O2S. The molecule has 0 aliphatic rings. The first-order valence-corrected chi connectivity index (χ1v) is 5.30. The summed E-state index contributed by atoms with van der Waals surface area (Å²) in [6.45, 7) is 1.93. The highest BCUT2D eigenvalue weighted by Crippen LogP contribution is 2.30. The van der Waals surface area contributed by atoms with Gasteiger partial charge < -0.3 is 5.11 Å². The minimum atomic E-state index is -0.864. The number of hydrogen-bond donors (Lipinski definition) is 1. The highest BCUT2D eigenvalue weighted by molar-refractivity contribution is 7.14. The average molecular weight is 217 g/mol. The summed E-state index contributed by atoms with van der Waals surface area (Å²) in [4.78, 5) is 12.2. The number of thiophene rings is 1. The fraction of sp³-hybridized carbons (Fsp3) is 0.0833. The SMILES string of the molecule is Cc1sc(C(=O)O)cc1-c1cc[c]cc1. The molecule has 0 amide bonds. The molecule has 0 saturated heterocycles. The lowest BCUT2D eigenvalue weighted by Gasteiger charge is -1.97. The van der Waals surface area contributed by atoms with Crippen LogP contribution in [0.15, 0.2) is 30.3 Å². The van der Waals surface area contributed by atoms with Crippen molar-refractivity contribution in [3.63, 3.8) is 0 Å². The van der Waals surface area contributed by atoms with Crippen molar-refractivity contribution in [3.8, 4) is 11.1 Å². The Kier molecular flexibility index (Phi) is 2.56. The van der Waals surface area contributed by atoms with E-state index in [4.69, 9.17) is 5.11 Å². The van der Waals surface area contributed by atoms with Gasteiger partial charge in [-0.15, -0.1) is 11.3 Å². The maximum atomic E-state index is 10.8. The summed E-state index contributed by atoms with van der Waals surface area (Å²) in [5.74, 6) is -0.864. The molecule has 0 aliphatic heterocycles. The van der Waals surface area contributed by atoms with Gasteiger partial charge in [-0.1, -0.05) is 24.3 Å². The summed E-state index contributed by atoms with van der Waals surface area (Å²) in [5.41, 5.74) is 2.03. The zero-order chi connectivity index (χ0) is 10.8. The van der Waals surface area contributed by atoms with Gasteiger partial charge >= 0.3 is 5.97 Å². The van der Waals surface area contributed by atoms with Gasteiger partial charge in [0.2, 0.25) is 0 Å². The van der Waals surface area contributed by atoms with Crippen LogP contribution in [0.5, 0.6) is 0 Å². The molecule has 3 heteroatoms. The highest BCUT2D eigenvalue weighted by Gasteiger charge is 2.11. The van der Waals surface area contributed by atoms with Crippen LogP contribution in [0.3, 0.4) is 0 Å². The van der Waals surface area contributed by atoms with E-state index in [-0.39, 0.29) is 0 Å². The molecule has 1 aromatic carbocycles. The maximum absolute atomic E-state index is 10.8. The van der Waals surface area contributed by atoms with Crippen molar-refractivity contribution in [2.45, 2.75) is 6.92 Å². The topological polar surface area (TPSA) is 37.3 Å². The van der Waals surface area contributed by atoms with E-state index in [0.29, 0.717) is 4.88 Å². The van der Waals surface area contributed by atoms with Gasteiger partial charge in [-0.2, -0.15) is 0 Å². The second-order valence-corrected chi connectivity index (χ2v) is 4.43. The fourth-order valence-electron chi connectivity index (χ4n) is 1.44. The van der Waals surface area contributed by atoms with Gasteiger partial charge in [-0.3, -0.25) is 0 Å². The zero-order valence-electron chi connectivity index (χ0n) is 8.15. The third-order valence-corrected chi connectivity index (χ3v) is 3.20. The van der Waals surface area contributed by atoms with Gasteiger partial charge in [-0.05, 0) is 30.2 Å². The minimum Gasteiger partial charge on any atom is -0.477 e. The van der Waals surface area contributed by atoms with Gasteiger partial charge in [0.05, 0.1) is 0 Å². The van der Waals surface area contributed by atoms with Gasteiger partial charge in [0.1, 0.15) is 4.88 Å². The third-order valence-electron chi connectivity index (χ3n) is 2.16. The van der Waals surface area contributed by atoms with E-state index in [1.807, 2.05) is 31.2 Å². The van der Waals surface area contributed by atoms with Crippen LogP contribution in [0.25, 0.3) is 11.1 Å². The van der Waals surface area contributed by atoms with Gasteiger partial charge in [0.15, 0.2) is 0 Å². The predicted octanol–water partition coefficient (Wildman–Crippen LogP) is 3.22. The van der Waals surface area contributed by atoms with Crippen LogP contribution >= 0.6 is 11.3 Å². The zero-order valence-corrected chi connectivity index (χ0v) is 8.97. The summed E-state index contributed by atoms with van der Waals surface area (Å²) < 4.78 is 0. The second kappa shape index (κ2) is 3.87. The molecule has 75 valence electrons. The van der Waals surface area contributed by atoms with Crippen LogP contribution in [-0.2, 0) is 0 Å². The van der Waals surface area contributed by atoms with Crippen LogP contribution in [0, 0.1) is 13.0 Å². The van der Waals surface area contributed by atoms with Crippen LogP contribution in [-0.4, -0.2) is 11.1 Å². The molecule has 0 spiro atoms. The number of aryl methyl sites for hydroxylation is 1. The van der Waals surface area contributed by atoms with Crippen LogP contribution in [0.2, 0.25) is 0 Å². The van der Waals surface area contributed by atoms with E-state index in [1.165, 1.54) is 11.3 Å². The molecule has 1 aromatic heterocycles. The van der Waals surface area contributed by atoms with Gasteiger partial charge in [0, 0.05) is 4.88 Å². The Bertz CT molecular complexity index is 486. The van der Waals surface area contributed by atoms with Crippen LogP contribution < -0.4 is 0 Å². The third kappa shape index (κ3) is 1.92. The Hall–Kier alpha value is -1.61. The molecule has 1 N–H and O–H groups in total. The van der Waals surface area contributed by atoms with Crippen molar-refractivity contribution in [2.75, 3.05) is 0 Å². The summed E-state index contributed by atoms with van der Waals surface area (Å²) in [6.07, 6.45) is 0. The second-order valence-electron chi connectivity index (χ2n) is 3.17. The molecule has 2 rings (SSSR count). The Morgan fingerprint density at radius 2 is 2.07 bits per heavy atom. The lowest BCUT2D eigenvalue weighted by Crippen LogP contribution is -1.89. The van der Waals surface area contributed by atoms with Crippen molar-refractivity contribution >= 4 is 17.3 Å². The number of carboxylic acids is 1. The summed E-state index contributed by atoms with van der Waals surface area (Å²) in [5, 5.41) is 8.87. The predicted molar refractivity (Wildman–Crippen MR) is 60.3 cm³/mol. The molecule has 0 saturated carbocycles. The van der Waals surface area contributed by atoms with E-state index in [9.17, 15) is 4.79 Å². The quantitative estimate of drug-likeness (QED) is 0.838. The molecule has 15 heavy (non-hydrogen) atoms. The smallest absolute Gasteiger partial charge is 0.345 e. The number of hydrogen-bond acceptors (Lipinski definition) is 2. The molecule has 0 bridgehead atoms. The number of aromatic carboxylic acids is 1. The number of carboxylic acid groups (broad SMARTS) is 1. The standard InChI is InChI=1S/C12H9O2S/c1-8-10(7-11(15-8)12(13)14)9-5-3-2-4-6-9/h3-7H,1H3,(H,13,14). The fourth-order valence-corrected chi connectivity index (χ4v) is 2.32. The van der Waals surface area contributed by atoms with E-state index >= 15 is 0 Å². The van der Waals surface area contributed by atoms with E-state index in [0.717, 1.165) is 16.0 Å². The van der Waals surface area contributed by atoms with E-state index in [2.05, 4.69) is 6.07 Å². The van der Waals surface area contributed by atoms with Gasteiger partial charge in [0.25, 0.3) is 0 Å². The van der Waals surface area contributed by atoms with E-state index < -0.39 is 5.97 Å². The molecule has 2 aromatic rings. The number of benzene rings is 1. The highest BCUT2D eigenvalue weighted by atomic mass is 32.1. The van der Waals surface area contributed by atoms with Crippen LogP contribution in [0.4, 0.5) is 0 Å². The van der Waals surface area contributed by atoms with Gasteiger partial charge in [-0.25, -0.2) is 4.79 Å². The first-order chi connectivity index (χ1) is 7.18. The summed E-state index contributed by atoms with van der Waals surface area (Å²) in [7, 11) is 0. The van der Waals surface area contributed by atoms with Crippen LogP contribution in [0.1, 0.15) is 14.5 Å². The Morgan fingerprint density at radius 3 is 2.60 bits per heavy atom. The first-order valence-electron chi connectivity index (χ1n) is 4.48.